The molecule has 3 aliphatic heterocycles. The van der Waals surface area contributed by atoms with Crippen LogP contribution in [0.4, 0.5) is 10.5 Å². The van der Waals surface area contributed by atoms with Crippen molar-refractivity contribution in [3.8, 4) is 0 Å². The van der Waals surface area contributed by atoms with Gasteiger partial charge in [0.15, 0.2) is 0 Å². The molecule has 4 amide bonds. The Morgan fingerprint density at radius 1 is 1.00 bits per heavy atom. The molecule has 0 aromatic heterocycles. The number of anilines is 1. The van der Waals surface area contributed by atoms with Crippen molar-refractivity contribution in [1.29, 1.82) is 0 Å². The van der Waals surface area contributed by atoms with Gasteiger partial charge in [-0.25, -0.2) is 4.79 Å². The van der Waals surface area contributed by atoms with E-state index < -0.39 is 0 Å². The molecule has 1 atom stereocenters. The van der Waals surface area contributed by atoms with Crippen LogP contribution in [0.25, 0.3) is 0 Å². The lowest BCUT2D eigenvalue weighted by molar-refractivity contribution is -0.146. The van der Waals surface area contributed by atoms with Crippen LogP contribution in [0.5, 0.6) is 0 Å². The zero-order chi connectivity index (χ0) is 20.4. The second-order valence-electron chi connectivity index (χ2n) is 7.90. The van der Waals surface area contributed by atoms with Crippen LogP contribution in [-0.2, 0) is 14.3 Å². The fourth-order valence-corrected chi connectivity index (χ4v) is 4.11. The fourth-order valence-electron chi connectivity index (χ4n) is 4.11. The minimum Gasteiger partial charge on any atom is -0.368 e. The highest BCUT2D eigenvalue weighted by atomic mass is 16.5. The van der Waals surface area contributed by atoms with Crippen molar-refractivity contribution in [2.75, 3.05) is 57.3 Å². The summed E-state index contributed by atoms with van der Waals surface area (Å²) < 4.78 is 5.48. The third-order valence-electron chi connectivity index (χ3n) is 5.92. The maximum Gasteiger partial charge on any atom is 0.325 e. The number of carbonyl (C=O) groups is 3. The number of nitrogens with zero attached hydrogens (tertiary/aromatic N) is 4. The van der Waals surface area contributed by atoms with Crippen molar-refractivity contribution in [2.24, 2.45) is 0 Å². The van der Waals surface area contributed by atoms with Crippen molar-refractivity contribution in [1.82, 2.24) is 14.7 Å². The lowest BCUT2D eigenvalue weighted by Gasteiger charge is -2.36. The van der Waals surface area contributed by atoms with Gasteiger partial charge in [0.1, 0.15) is 12.6 Å². The predicted octanol–water partition coefficient (Wildman–Crippen LogP) is 1.09. The van der Waals surface area contributed by atoms with Gasteiger partial charge in [-0.05, 0) is 31.9 Å². The molecule has 3 heterocycles. The molecule has 1 aromatic carbocycles. The van der Waals surface area contributed by atoms with Crippen molar-refractivity contribution < 1.29 is 19.1 Å². The van der Waals surface area contributed by atoms with Gasteiger partial charge in [0.05, 0.1) is 0 Å². The van der Waals surface area contributed by atoms with Crippen LogP contribution in [0.3, 0.4) is 0 Å². The number of hydrogen-bond donors (Lipinski definition) is 0. The molecule has 8 nitrogen and oxygen atoms in total. The molecule has 29 heavy (non-hydrogen) atoms. The summed E-state index contributed by atoms with van der Waals surface area (Å²) in [5.74, 6) is -0.0219. The van der Waals surface area contributed by atoms with E-state index in [1.165, 1.54) is 0 Å². The summed E-state index contributed by atoms with van der Waals surface area (Å²) in [6.07, 6.45) is 1.40. The molecule has 1 aromatic rings. The van der Waals surface area contributed by atoms with Crippen molar-refractivity contribution in [3.05, 3.63) is 29.8 Å². The molecule has 8 heteroatoms. The van der Waals surface area contributed by atoms with Crippen LogP contribution in [0, 0.1) is 6.92 Å². The topological polar surface area (TPSA) is 73.4 Å². The SMILES string of the molecule is Cc1ccc(N2CCN(CC(=O)N3CCN(C(=O)C4CCCO4)CC3)C2=O)cc1. The van der Waals surface area contributed by atoms with Gasteiger partial charge in [0.2, 0.25) is 5.91 Å². The van der Waals surface area contributed by atoms with Gasteiger partial charge in [0.25, 0.3) is 5.91 Å². The number of benzene rings is 1. The average Bonchev–Trinajstić information content (AvgIpc) is 3.39. The second-order valence-corrected chi connectivity index (χ2v) is 7.90. The molecule has 1 unspecified atom stereocenters. The first kappa shape index (κ1) is 19.7. The van der Waals surface area contributed by atoms with E-state index in [1.807, 2.05) is 31.2 Å². The Kier molecular flexibility index (Phi) is 5.71. The quantitative estimate of drug-likeness (QED) is 0.758. The Balaban J connectivity index is 1.27. The highest BCUT2D eigenvalue weighted by Crippen LogP contribution is 2.21. The number of ether oxygens (including phenoxy) is 1. The van der Waals surface area contributed by atoms with E-state index in [4.69, 9.17) is 4.74 Å². The standard InChI is InChI=1S/C21H28N4O4/c1-16-4-6-17(7-5-16)25-13-12-24(21(25)28)15-19(26)22-8-10-23(11-9-22)20(27)18-3-2-14-29-18/h4-7,18H,2-3,8-15H2,1H3. The lowest BCUT2D eigenvalue weighted by Crippen LogP contribution is -2.54. The van der Waals surface area contributed by atoms with E-state index in [-0.39, 0.29) is 30.5 Å². The predicted molar refractivity (Wildman–Crippen MR) is 108 cm³/mol. The van der Waals surface area contributed by atoms with Crippen LogP contribution in [0.1, 0.15) is 18.4 Å². The highest BCUT2D eigenvalue weighted by molar-refractivity contribution is 5.96. The van der Waals surface area contributed by atoms with Crippen LogP contribution < -0.4 is 4.90 Å². The van der Waals surface area contributed by atoms with E-state index in [0.29, 0.717) is 45.9 Å². The first-order valence-electron chi connectivity index (χ1n) is 10.3. The highest BCUT2D eigenvalue weighted by Gasteiger charge is 2.34. The number of aryl methyl sites for hydroxylation is 1. The Morgan fingerprint density at radius 3 is 2.34 bits per heavy atom. The Hall–Kier alpha value is -2.61. The van der Waals surface area contributed by atoms with Gasteiger partial charge < -0.3 is 19.4 Å². The summed E-state index contributed by atoms with van der Waals surface area (Å²) >= 11 is 0. The largest absolute Gasteiger partial charge is 0.368 e. The Labute approximate surface area is 171 Å². The average molecular weight is 400 g/mol. The number of carbonyl (C=O) groups excluding carboxylic acids is 3. The number of amides is 4. The molecular formula is C21H28N4O4. The minimum absolute atomic E-state index is 0.0399. The van der Waals surface area contributed by atoms with Gasteiger partial charge in [0, 0.05) is 51.6 Å². The summed E-state index contributed by atoms with van der Waals surface area (Å²) in [6, 6.07) is 7.70. The monoisotopic (exact) mass is 400 g/mol. The van der Waals surface area contributed by atoms with Crippen LogP contribution >= 0.6 is 0 Å². The van der Waals surface area contributed by atoms with Crippen LogP contribution in [0.15, 0.2) is 24.3 Å². The van der Waals surface area contributed by atoms with Gasteiger partial charge in [-0.3, -0.25) is 14.5 Å². The molecule has 156 valence electrons. The van der Waals surface area contributed by atoms with E-state index >= 15 is 0 Å². The molecule has 0 saturated carbocycles. The first-order valence-corrected chi connectivity index (χ1v) is 10.3. The van der Waals surface area contributed by atoms with Crippen molar-refractivity contribution in [2.45, 2.75) is 25.9 Å². The fraction of sp³-hybridized carbons (Fsp3) is 0.571. The number of rotatable bonds is 4. The zero-order valence-corrected chi connectivity index (χ0v) is 16.9. The van der Waals surface area contributed by atoms with E-state index in [9.17, 15) is 14.4 Å². The van der Waals surface area contributed by atoms with Crippen molar-refractivity contribution in [3.63, 3.8) is 0 Å². The smallest absolute Gasteiger partial charge is 0.325 e. The van der Waals surface area contributed by atoms with E-state index in [0.717, 1.165) is 24.1 Å². The lowest BCUT2D eigenvalue weighted by atomic mass is 10.2. The third kappa shape index (κ3) is 4.22. The normalized spacial score (nSPS) is 22.5. The maximum absolute atomic E-state index is 12.7. The molecular weight excluding hydrogens is 372 g/mol. The van der Waals surface area contributed by atoms with Crippen LogP contribution in [0.2, 0.25) is 0 Å². The molecule has 0 bridgehead atoms. The summed E-state index contributed by atoms with van der Waals surface area (Å²) in [7, 11) is 0. The number of piperazine rings is 1. The minimum atomic E-state index is -0.313. The molecule has 0 aliphatic carbocycles. The van der Waals surface area contributed by atoms with E-state index in [1.54, 1.807) is 19.6 Å². The number of hydrogen-bond acceptors (Lipinski definition) is 4. The molecule has 3 aliphatic rings. The maximum atomic E-state index is 12.7. The van der Waals surface area contributed by atoms with Gasteiger partial charge >= 0.3 is 6.03 Å². The second kappa shape index (κ2) is 8.41. The van der Waals surface area contributed by atoms with Crippen molar-refractivity contribution >= 4 is 23.5 Å². The van der Waals surface area contributed by atoms with Crippen LogP contribution in [-0.4, -0.2) is 91.1 Å². The zero-order valence-electron chi connectivity index (χ0n) is 16.9. The molecule has 0 radical (unpaired) electrons. The molecule has 0 spiro atoms. The molecule has 0 N–H and O–H groups in total. The van der Waals surface area contributed by atoms with Gasteiger partial charge in [-0.15, -0.1) is 0 Å². The summed E-state index contributed by atoms with van der Waals surface area (Å²) in [6.45, 7) is 5.91. The molecule has 3 saturated heterocycles. The van der Waals surface area contributed by atoms with Gasteiger partial charge in [-0.2, -0.15) is 0 Å². The molecule has 3 fully saturated rings. The van der Waals surface area contributed by atoms with E-state index in [2.05, 4.69) is 0 Å². The Bertz CT molecular complexity index is 767. The summed E-state index contributed by atoms with van der Waals surface area (Å²) in [4.78, 5) is 44.7. The third-order valence-corrected chi connectivity index (χ3v) is 5.92. The number of urea groups is 1. The summed E-state index contributed by atoms with van der Waals surface area (Å²) in [5.41, 5.74) is 2.00. The van der Waals surface area contributed by atoms with Gasteiger partial charge in [-0.1, -0.05) is 17.7 Å². The Morgan fingerprint density at radius 2 is 1.69 bits per heavy atom. The summed E-state index contributed by atoms with van der Waals surface area (Å²) in [5, 5.41) is 0. The first-order chi connectivity index (χ1) is 14.0. The molecule has 4 rings (SSSR count).